The van der Waals surface area contributed by atoms with Gasteiger partial charge in [0, 0.05) is 29.8 Å². The fourth-order valence-electron chi connectivity index (χ4n) is 4.67. The maximum atomic E-state index is 13.1. The van der Waals surface area contributed by atoms with Gasteiger partial charge in [-0.1, -0.05) is 30.3 Å². The predicted molar refractivity (Wildman–Crippen MR) is 117 cm³/mol. The van der Waals surface area contributed by atoms with E-state index in [0.29, 0.717) is 5.91 Å². The molecule has 2 aromatic rings. The average Bonchev–Trinajstić information content (AvgIpc) is 2.98. The average molecular weight is 420 g/mol. The lowest BCUT2D eigenvalue weighted by Gasteiger charge is -2.42. The van der Waals surface area contributed by atoms with Crippen molar-refractivity contribution in [3.8, 4) is 0 Å². The van der Waals surface area contributed by atoms with E-state index in [1.165, 1.54) is 11.3 Å². The van der Waals surface area contributed by atoms with E-state index < -0.39 is 0 Å². The van der Waals surface area contributed by atoms with Crippen LogP contribution in [0.2, 0.25) is 0 Å². The fraction of sp³-hybridized carbons (Fsp3) is 0.545. The SMILES string of the molecule is Cc1nc(C2(c3ccccc3)CCN(C(=O)C3CCCNCC3)CC2)cs1.Cl. The van der Waals surface area contributed by atoms with Gasteiger partial charge in [0.15, 0.2) is 0 Å². The number of benzene rings is 1. The first-order valence-corrected chi connectivity index (χ1v) is 11.0. The molecule has 2 aliphatic heterocycles. The highest BCUT2D eigenvalue weighted by atomic mass is 35.5. The molecule has 1 aromatic carbocycles. The Morgan fingerprint density at radius 2 is 1.93 bits per heavy atom. The third kappa shape index (κ3) is 4.27. The molecule has 28 heavy (non-hydrogen) atoms. The molecule has 0 aliphatic carbocycles. The van der Waals surface area contributed by atoms with Gasteiger partial charge in [-0.15, -0.1) is 23.7 Å². The second kappa shape index (κ2) is 9.38. The van der Waals surface area contributed by atoms with Crippen molar-refractivity contribution in [1.29, 1.82) is 0 Å². The zero-order valence-corrected chi connectivity index (χ0v) is 18.2. The molecular formula is C22H30ClN3OS. The Bertz CT molecular complexity index is 763. The Labute approximate surface area is 178 Å². The van der Waals surface area contributed by atoms with Gasteiger partial charge in [-0.05, 0) is 57.7 Å². The number of hydrogen-bond acceptors (Lipinski definition) is 4. The molecule has 2 aliphatic rings. The number of piperidine rings is 1. The molecule has 1 unspecified atom stereocenters. The van der Waals surface area contributed by atoms with Gasteiger partial charge in [0.25, 0.3) is 0 Å². The van der Waals surface area contributed by atoms with Gasteiger partial charge >= 0.3 is 0 Å². The van der Waals surface area contributed by atoms with Crippen molar-refractivity contribution < 1.29 is 4.79 Å². The number of halogens is 1. The summed E-state index contributed by atoms with van der Waals surface area (Å²) in [5.41, 5.74) is 2.45. The van der Waals surface area contributed by atoms with Crippen LogP contribution in [0, 0.1) is 12.8 Å². The van der Waals surface area contributed by atoms with Crippen LogP contribution in [-0.4, -0.2) is 42.0 Å². The summed E-state index contributed by atoms with van der Waals surface area (Å²) in [5.74, 6) is 0.570. The molecule has 0 bridgehead atoms. The smallest absolute Gasteiger partial charge is 0.225 e. The molecule has 1 amide bonds. The molecular weight excluding hydrogens is 390 g/mol. The highest BCUT2D eigenvalue weighted by Gasteiger charge is 2.41. The summed E-state index contributed by atoms with van der Waals surface area (Å²) in [5, 5.41) is 6.75. The molecule has 1 N–H and O–H groups in total. The Morgan fingerprint density at radius 1 is 1.18 bits per heavy atom. The van der Waals surface area contributed by atoms with Gasteiger partial charge in [-0.3, -0.25) is 4.79 Å². The molecule has 152 valence electrons. The van der Waals surface area contributed by atoms with E-state index in [4.69, 9.17) is 4.98 Å². The van der Waals surface area contributed by atoms with E-state index in [9.17, 15) is 4.79 Å². The van der Waals surface area contributed by atoms with E-state index in [2.05, 4.69) is 52.9 Å². The molecule has 2 fully saturated rings. The minimum Gasteiger partial charge on any atom is -0.342 e. The van der Waals surface area contributed by atoms with E-state index in [1.807, 2.05) is 0 Å². The van der Waals surface area contributed by atoms with E-state index >= 15 is 0 Å². The quantitative estimate of drug-likeness (QED) is 0.811. The number of amides is 1. The maximum Gasteiger partial charge on any atom is 0.225 e. The van der Waals surface area contributed by atoms with Crippen molar-refractivity contribution >= 4 is 29.7 Å². The minimum atomic E-state index is -0.0617. The van der Waals surface area contributed by atoms with Crippen LogP contribution in [0.3, 0.4) is 0 Å². The summed E-state index contributed by atoms with van der Waals surface area (Å²) in [6.45, 7) is 5.74. The predicted octanol–water partition coefficient (Wildman–Crippen LogP) is 4.17. The first kappa shape index (κ1) is 21.3. The topological polar surface area (TPSA) is 45.2 Å². The second-order valence-corrected chi connectivity index (χ2v) is 8.97. The number of rotatable bonds is 3. The van der Waals surface area contributed by atoms with Crippen LogP contribution in [0.5, 0.6) is 0 Å². The lowest BCUT2D eigenvalue weighted by atomic mass is 9.70. The molecule has 6 heteroatoms. The van der Waals surface area contributed by atoms with Crippen molar-refractivity contribution in [2.24, 2.45) is 5.92 Å². The van der Waals surface area contributed by atoms with Crippen LogP contribution in [0.15, 0.2) is 35.7 Å². The first-order chi connectivity index (χ1) is 13.2. The van der Waals surface area contributed by atoms with Crippen LogP contribution >= 0.6 is 23.7 Å². The summed E-state index contributed by atoms with van der Waals surface area (Å²) in [6.07, 6.45) is 5.02. The van der Waals surface area contributed by atoms with Gasteiger partial charge in [0.1, 0.15) is 0 Å². The number of carbonyl (C=O) groups excluding carboxylic acids is 1. The largest absolute Gasteiger partial charge is 0.342 e. The number of hydrogen-bond donors (Lipinski definition) is 1. The van der Waals surface area contributed by atoms with E-state index in [-0.39, 0.29) is 23.7 Å². The standard InChI is InChI=1S/C22H29N3OS.ClH/c1-17-24-20(16-27-17)22(19-7-3-2-4-8-19)10-14-25(15-11-22)21(26)18-6-5-12-23-13-9-18;/h2-4,7-8,16,18,23H,5-6,9-15H2,1H3;1H. The van der Waals surface area contributed by atoms with E-state index in [0.717, 1.165) is 63.3 Å². The number of aryl methyl sites for hydroxylation is 1. The van der Waals surface area contributed by atoms with Crippen molar-refractivity contribution in [3.63, 3.8) is 0 Å². The number of likely N-dealkylation sites (tertiary alicyclic amines) is 1. The number of thiazole rings is 1. The summed E-state index contributed by atoms with van der Waals surface area (Å²) in [4.78, 5) is 20.1. The molecule has 2 saturated heterocycles. The van der Waals surface area contributed by atoms with Crippen LogP contribution in [0.25, 0.3) is 0 Å². The van der Waals surface area contributed by atoms with Crippen molar-refractivity contribution in [1.82, 2.24) is 15.2 Å². The second-order valence-electron chi connectivity index (χ2n) is 7.90. The summed E-state index contributed by atoms with van der Waals surface area (Å²) in [6, 6.07) is 10.8. The normalized spacial score (nSPS) is 22.2. The van der Waals surface area contributed by atoms with E-state index in [1.54, 1.807) is 11.3 Å². The zero-order chi connectivity index (χ0) is 18.7. The molecule has 4 rings (SSSR count). The molecule has 0 radical (unpaired) electrons. The van der Waals surface area contributed by atoms with Crippen molar-refractivity contribution in [3.05, 3.63) is 52.0 Å². The van der Waals surface area contributed by atoms with Gasteiger partial charge in [-0.2, -0.15) is 0 Å². The maximum absolute atomic E-state index is 13.1. The van der Waals surface area contributed by atoms with Crippen molar-refractivity contribution in [2.45, 2.75) is 44.4 Å². The molecule has 4 nitrogen and oxygen atoms in total. The highest BCUT2D eigenvalue weighted by molar-refractivity contribution is 7.09. The monoisotopic (exact) mass is 419 g/mol. The first-order valence-electron chi connectivity index (χ1n) is 10.2. The highest BCUT2D eigenvalue weighted by Crippen LogP contribution is 2.42. The van der Waals surface area contributed by atoms with Crippen LogP contribution in [-0.2, 0) is 10.2 Å². The lowest BCUT2D eigenvalue weighted by molar-refractivity contribution is -0.137. The molecule has 0 spiro atoms. The molecule has 3 heterocycles. The van der Waals surface area contributed by atoms with Crippen LogP contribution < -0.4 is 5.32 Å². The lowest BCUT2D eigenvalue weighted by Crippen LogP contribution is -2.47. The summed E-state index contributed by atoms with van der Waals surface area (Å²) < 4.78 is 0. The van der Waals surface area contributed by atoms with Gasteiger partial charge in [0.2, 0.25) is 5.91 Å². The van der Waals surface area contributed by atoms with Gasteiger partial charge < -0.3 is 10.2 Å². The Balaban J connectivity index is 0.00000225. The number of carbonyl (C=O) groups is 1. The third-order valence-corrected chi connectivity index (χ3v) is 7.06. The Morgan fingerprint density at radius 3 is 2.61 bits per heavy atom. The zero-order valence-electron chi connectivity index (χ0n) is 16.5. The minimum absolute atomic E-state index is 0. The number of nitrogens with one attached hydrogen (secondary N) is 1. The summed E-state index contributed by atoms with van der Waals surface area (Å²) >= 11 is 1.72. The van der Waals surface area contributed by atoms with Gasteiger partial charge in [0.05, 0.1) is 10.7 Å². The third-order valence-electron chi connectivity index (χ3n) is 6.29. The Kier molecular flexibility index (Phi) is 7.13. The molecule has 1 atom stereocenters. The summed E-state index contributed by atoms with van der Waals surface area (Å²) in [7, 11) is 0. The Hall–Kier alpha value is -1.43. The van der Waals surface area contributed by atoms with Crippen LogP contribution in [0.4, 0.5) is 0 Å². The van der Waals surface area contributed by atoms with Crippen molar-refractivity contribution in [2.75, 3.05) is 26.2 Å². The fourth-order valence-corrected chi connectivity index (χ4v) is 5.38. The number of aromatic nitrogens is 1. The van der Waals surface area contributed by atoms with Crippen LogP contribution in [0.1, 0.15) is 48.4 Å². The molecule has 1 aromatic heterocycles. The number of nitrogens with zero attached hydrogens (tertiary/aromatic N) is 2. The molecule has 0 saturated carbocycles. The van der Waals surface area contributed by atoms with Gasteiger partial charge in [-0.25, -0.2) is 4.98 Å².